The molecule has 2 rings (SSSR count). The summed E-state index contributed by atoms with van der Waals surface area (Å²) in [5.41, 5.74) is 1.96. The second-order valence-electron chi connectivity index (χ2n) is 4.58. The van der Waals surface area contributed by atoms with Gasteiger partial charge in [-0.05, 0) is 6.07 Å². The fourth-order valence-corrected chi connectivity index (χ4v) is 2.25. The number of ketones is 1. The van der Waals surface area contributed by atoms with Crippen molar-refractivity contribution in [2.75, 3.05) is 14.2 Å². The highest BCUT2D eigenvalue weighted by Gasteiger charge is 2.23. The van der Waals surface area contributed by atoms with E-state index >= 15 is 0 Å². The van der Waals surface area contributed by atoms with Gasteiger partial charge in [0.05, 0.1) is 19.4 Å². The van der Waals surface area contributed by atoms with Crippen LogP contribution in [-0.4, -0.2) is 30.5 Å². The van der Waals surface area contributed by atoms with Crippen LogP contribution in [0.3, 0.4) is 0 Å². The van der Waals surface area contributed by atoms with E-state index in [4.69, 9.17) is 9.47 Å². The lowest BCUT2D eigenvalue weighted by atomic mass is 10.1. The van der Waals surface area contributed by atoms with E-state index in [9.17, 15) is 9.59 Å². The van der Waals surface area contributed by atoms with Gasteiger partial charge in [-0.25, -0.2) is 4.79 Å². The number of rotatable bonds is 5. The molecule has 0 atom stereocenters. The van der Waals surface area contributed by atoms with Gasteiger partial charge < -0.3 is 14.0 Å². The number of carbonyl (C=O) groups excluding carboxylic acids is 2. The molecule has 2 aromatic rings. The van der Waals surface area contributed by atoms with Crippen molar-refractivity contribution < 1.29 is 19.1 Å². The molecule has 1 aromatic carbocycles. The minimum Gasteiger partial charge on any atom is -0.464 e. The summed E-state index contributed by atoms with van der Waals surface area (Å²) < 4.78 is 11.4. The second-order valence-corrected chi connectivity index (χ2v) is 4.58. The van der Waals surface area contributed by atoms with E-state index in [1.54, 1.807) is 41.9 Å². The van der Waals surface area contributed by atoms with E-state index < -0.39 is 5.97 Å². The van der Waals surface area contributed by atoms with Gasteiger partial charge in [0.1, 0.15) is 5.69 Å². The fraction of sp³-hybridized carbons (Fsp3) is 0.250. The topological polar surface area (TPSA) is 57.5 Å². The third kappa shape index (κ3) is 2.87. The molecule has 0 amide bonds. The van der Waals surface area contributed by atoms with Crippen molar-refractivity contribution >= 4 is 11.8 Å². The number of nitrogens with zero attached hydrogens (tertiary/aromatic N) is 1. The summed E-state index contributed by atoms with van der Waals surface area (Å²) in [4.78, 5) is 24.4. The van der Waals surface area contributed by atoms with Crippen LogP contribution in [-0.2, 0) is 23.1 Å². The first-order valence-corrected chi connectivity index (χ1v) is 6.45. The monoisotopic (exact) mass is 287 g/mol. The maximum absolute atomic E-state index is 12.5. The Morgan fingerprint density at radius 1 is 1.14 bits per heavy atom. The molecule has 0 aliphatic rings. The zero-order valence-electron chi connectivity index (χ0n) is 12.3. The Bertz CT molecular complexity index is 658. The lowest BCUT2D eigenvalue weighted by molar-refractivity contribution is 0.0584. The van der Waals surface area contributed by atoms with Gasteiger partial charge in [0.25, 0.3) is 0 Å². The molecule has 0 fully saturated rings. The molecule has 21 heavy (non-hydrogen) atoms. The quantitative estimate of drug-likeness (QED) is 0.625. The van der Waals surface area contributed by atoms with Gasteiger partial charge in [-0.2, -0.15) is 0 Å². The lowest BCUT2D eigenvalue weighted by Crippen LogP contribution is -2.14. The fourth-order valence-electron chi connectivity index (χ4n) is 2.25. The van der Waals surface area contributed by atoms with Crippen LogP contribution in [0.5, 0.6) is 0 Å². The van der Waals surface area contributed by atoms with E-state index in [1.165, 1.54) is 14.2 Å². The molecule has 0 aliphatic carbocycles. The average Bonchev–Trinajstić information content (AvgIpc) is 2.83. The Kier molecular flexibility index (Phi) is 4.55. The Hall–Kier alpha value is -2.40. The average molecular weight is 287 g/mol. The molecule has 0 spiro atoms. The van der Waals surface area contributed by atoms with Gasteiger partial charge in [-0.3, -0.25) is 4.79 Å². The second kappa shape index (κ2) is 6.37. The highest BCUT2D eigenvalue weighted by molar-refractivity contribution is 6.09. The first-order chi connectivity index (χ1) is 10.1. The first-order valence-electron chi connectivity index (χ1n) is 6.45. The third-order valence-corrected chi connectivity index (χ3v) is 3.26. The normalized spacial score (nSPS) is 10.4. The molecular weight excluding hydrogens is 270 g/mol. The van der Waals surface area contributed by atoms with Crippen LogP contribution in [0.1, 0.15) is 32.1 Å². The van der Waals surface area contributed by atoms with Crippen LogP contribution in [0.15, 0.2) is 36.4 Å². The molecule has 0 unspecified atom stereocenters. The third-order valence-electron chi connectivity index (χ3n) is 3.26. The predicted molar refractivity (Wildman–Crippen MR) is 77.3 cm³/mol. The SMILES string of the molecule is COCc1cc(C(=O)c2ccccc2)n(C)c1C(=O)OC. The smallest absolute Gasteiger partial charge is 0.355 e. The van der Waals surface area contributed by atoms with Gasteiger partial charge in [-0.1, -0.05) is 30.3 Å². The maximum Gasteiger partial charge on any atom is 0.355 e. The molecule has 0 radical (unpaired) electrons. The van der Waals surface area contributed by atoms with Crippen LogP contribution >= 0.6 is 0 Å². The van der Waals surface area contributed by atoms with Gasteiger partial charge in [0, 0.05) is 25.3 Å². The lowest BCUT2D eigenvalue weighted by Gasteiger charge is -2.07. The van der Waals surface area contributed by atoms with Crippen LogP contribution in [0.2, 0.25) is 0 Å². The molecule has 0 saturated heterocycles. The molecular formula is C16H17NO4. The van der Waals surface area contributed by atoms with E-state index in [2.05, 4.69) is 0 Å². The highest BCUT2D eigenvalue weighted by atomic mass is 16.5. The van der Waals surface area contributed by atoms with Crippen molar-refractivity contribution in [3.05, 3.63) is 58.9 Å². The maximum atomic E-state index is 12.5. The Labute approximate surface area is 123 Å². The van der Waals surface area contributed by atoms with Crippen molar-refractivity contribution in [2.24, 2.45) is 7.05 Å². The molecule has 5 heteroatoms. The number of ether oxygens (including phenoxy) is 2. The zero-order chi connectivity index (χ0) is 15.4. The van der Waals surface area contributed by atoms with Crippen molar-refractivity contribution in [3.8, 4) is 0 Å². The number of esters is 1. The molecule has 5 nitrogen and oxygen atoms in total. The van der Waals surface area contributed by atoms with Crippen LogP contribution in [0.4, 0.5) is 0 Å². The molecule has 0 aliphatic heterocycles. The summed E-state index contributed by atoms with van der Waals surface area (Å²) in [5.74, 6) is -0.637. The van der Waals surface area contributed by atoms with Gasteiger partial charge >= 0.3 is 5.97 Å². The van der Waals surface area contributed by atoms with E-state index in [0.717, 1.165) is 0 Å². The summed E-state index contributed by atoms with van der Waals surface area (Å²) in [6, 6.07) is 10.6. The summed E-state index contributed by atoms with van der Waals surface area (Å²) in [5, 5.41) is 0. The van der Waals surface area contributed by atoms with Crippen LogP contribution in [0, 0.1) is 0 Å². The van der Waals surface area contributed by atoms with Crippen molar-refractivity contribution in [3.63, 3.8) is 0 Å². The Balaban J connectivity index is 2.50. The standard InChI is InChI=1S/C16H17NO4/c1-17-13(15(18)11-7-5-4-6-8-11)9-12(10-20-2)14(17)16(19)21-3/h4-9H,10H2,1-3H3. The minimum atomic E-state index is -0.489. The van der Waals surface area contributed by atoms with Crippen LogP contribution < -0.4 is 0 Å². The summed E-state index contributed by atoms with van der Waals surface area (Å²) >= 11 is 0. The Morgan fingerprint density at radius 2 is 1.81 bits per heavy atom. The molecule has 0 saturated carbocycles. The number of methoxy groups -OCH3 is 2. The molecule has 1 heterocycles. The number of hydrogen-bond donors (Lipinski definition) is 0. The minimum absolute atomic E-state index is 0.148. The van der Waals surface area contributed by atoms with Gasteiger partial charge in [0.15, 0.2) is 0 Å². The number of carbonyl (C=O) groups is 2. The molecule has 1 aromatic heterocycles. The predicted octanol–water partition coefficient (Wildman–Crippen LogP) is 2.19. The van der Waals surface area contributed by atoms with Gasteiger partial charge in [0.2, 0.25) is 5.78 Å². The van der Waals surface area contributed by atoms with Crippen molar-refractivity contribution in [1.29, 1.82) is 0 Å². The number of aromatic nitrogens is 1. The van der Waals surface area contributed by atoms with Crippen LogP contribution in [0.25, 0.3) is 0 Å². The molecule has 0 N–H and O–H groups in total. The van der Waals surface area contributed by atoms with E-state index in [1.807, 2.05) is 6.07 Å². The highest BCUT2D eigenvalue weighted by Crippen LogP contribution is 2.20. The molecule has 0 bridgehead atoms. The molecule has 110 valence electrons. The largest absolute Gasteiger partial charge is 0.464 e. The zero-order valence-corrected chi connectivity index (χ0v) is 12.3. The number of hydrogen-bond acceptors (Lipinski definition) is 4. The Morgan fingerprint density at radius 3 is 2.38 bits per heavy atom. The van der Waals surface area contributed by atoms with Crippen molar-refractivity contribution in [1.82, 2.24) is 4.57 Å². The first kappa shape index (κ1) is 15.0. The van der Waals surface area contributed by atoms with Gasteiger partial charge in [-0.15, -0.1) is 0 Å². The van der Waals surface area contributed by atoms with E-state index in [0.29, 0.717) is 22.5 Å². The summed E-state index contributed by atoms with van der Waals surface area (Å²) in [6.45, 7) is 0.236. The van der Waals surface area contributed by atoms with E-state index in [-0.39, 0.29) is 12.4 Å². The summed E-state index contributed by atoms with van der Waals surface area (Å²) in [6.07, 6.45) is 0. The summed E-state index contributed by atoms with van der Waals surface area (Å²) in [7, 11) is 4.51. The number of benzene rings is 1. The van der Waals surface area contributed by atoms with Crippen molar-refractivity contribution in [2.45, 2.75) is 6.61 Å².